The number of pyridine rings is 1. The Hall–Kier alpha value is -1.06. The number of nitrogens with one attached hydrogen (secondary N) is 1. The Kier molecular flexibility index (Phi) is 6.07. The molecule has 1 aliphatic rings. The molecule has 21 heavy (non-hydrogen) atoms. The highest BCUT2D eigenvalue weighted by Crippen LogP contribution is 2.06. The van der Waals surface area contributed by atoms with Crippen LogP contribution < -0.4 is 4.72 Å². The lowest BCUT2D eigenvalue weighted by molar-refractivity contribution is 0.0376. The normalized spacial score (nSPS) is 17.0. The van der Waals surface area contributed by atoms with Gasteiger partial charge in [0.25, 0.3) is 10.0 Å². The number of aromatic nitrogens is 1. The Labute approximate surface area is 125 Å². The summed E-state index contributed by atoms with van der Waals surface area (Å²) in [4.78, 5) is 6.11. The van der Waals surface area contributed by atoms with Crippen LogP contribution in [0.2, 0.25) is 0 Å². The van der Waals surface area contributed by atoms with E-state index in [0.29, 0.717) is 12.1 Å². The lowest BCUT2D eigenvalue weighted by Crippen LogP contribution is -2.38. The predicted molar refractivity (Wildman–Crippen MR) is 77.2 cm³/mol. The number of hydrogen-bond acceptors (Lipinski definition) is 6. The van der Waals surface area contributed by atoms with E-state index in [2.05, 4.69) is 14.6 Å². The Bertz CT molecular complexity index is 527. The number of ether oxygens (including phenoxy) is 1. The lowest BCUT2D eigenvalue weighted by atomic mass is 10.3. The molecule has 0 radical (unpaired) electrons. The van der Waals surface area contributed by atoms with Crippen LogP contribution in [0.25, 0.3) is 0 Å². The molecule has 1 aromatic rings. The Morgan fingerprint density at radius 1 is 1.33 bits per heavy atom. The van der Waals surface area contributed by atoms with Gasteiger partial charge in [-0.25, -0.2) is 18.1 Å². The molecule has 7 nitrogen and oxygen atoms in total. The zero-order valence-corrected chi connectivity index (χ0v) is 12.7. The minimum Gasteiger partial charge on any atom is -0.392 e. The van der Waals surface area contributed by atoms with E-state index in [-0.39, 0.29) is 11.6 Å². The van der Waals surface area contributed by atoms with Gasteiger partial charge in [-0.2, -0.15) is 0 Å². The second-order valence-electron chi connectivity index (χ2n) is 4.87. The molecular weight excluding hydrogens is 294 g/mol. The van der Waals surface area contributed by atoms with E-state index >= 15 is 0 Å². The van der Waals surface area contributed by atoms with Crippen molar-refractivity contribution < 1.29 is 18.3 Å². The molecule has 8 heteroatoms. The summed E-state index contributed by atoms with van der Waals surface area (Å²) in [6.07, 6.45) is 2.11. The monoisotopic (exact) mass is 315 g/mol. The summed E-state index contributed by atoms with van der Waals surface area (Å²) in [5, 5.41) is 8.89. The number of aliphatic hydroxyl groups is 1. The first-order valence-corrected chi connectivity index (χ1v) is 8.46. The van der Waals surface area contributed by atoms with E-state index in [4.69, 9.17) is 9.84 Å². The van der Waals surface area contributed by atoms with Crippen molar-refractivity contribution in [1.82, 2.24) is 14.6 Å². The second kappa shape index (κ2) is 7.81. The smallest absolute Gasteiger partial charge is 0.258 e. The van der Waals surface area contributed by atoms with Crippen LogP contribution in [0.5, 0.6) is 0 Å². The lowest BCUT2D eigenvalue weighted by Gasteiger charge is -2.26. The van der Waals surface area contributed by atoms with Gasteiger partial charge in [-0.1, -0.05) is 6.07 Å². The van der Waals surface area contributed by atoms with E-state index in [0.717, 1.165) is 39.3 Å². The molecule has 118 valence electrons. The molecule has 0 bridgehead atoms. The fourth-order valence-corrected chi connectivity index (χ4v) is 3.07. The van der Waals surface area contributed by atoms with Crippen LogP contribution in [0, 0.1) is 0 Å². The van der Waals surface area contributed by atoms with Crippen molar-refractivity contribution in [2.75, 3.05) is 39.4 Å². The molecule has 1 aromatic heterocycles. The first-order valence-electron chi connectivity index (χ1n) is 6.97. The highest BCUT2D eigenvalue weighted by atomic mass is 32.2. The van der Waals surface area contributed by atoms with Gasteiger partial charge in [0.1, 0.15) is 0 Å². The molecule has 1 fully saturated rings. The molecule has 0 spiro atoms. The third-order valence-electron chi connectivity index (χ3n) is 3.30. The summed E-state index contributed by atoms with van der Waals surface area (Å²) in [7, 11) is -3.57. The first-order chi connectivity index (χ1) is 10.1. The second-order valence-corrected chi connectivity index (χ2v) is 6.58. The summed E-state index contributed by atoms with van der Waals surface area (Å²) in [5.74, 6) is 0. The average Bonchev–Trinajstić information content (AvgIpc) is 2.53. The molecule has 0 saturated carbocycles. The van der Waals surface area contributed by atoms with Gasteiger partial charge in [-0.15, -0.1) is 0 Å². The Morgan fingerprint density at radius 3 is 2.71 bits per heavy atom. The minimum atomic E-state index is -3.57. The maximum atomic E-state index is 12.0. The zero-order chi connectivity index (χ0) is 15.1. The zero-order valence-electron chi connectivity index (χ0n) is 11.9. The van der Waals surface area contributed by atoms with E-state index in [1.165, 1.54) is 12.3 Å². The predicted octanol–water partition coefficient (Wildman–Crippen LogP) is -0.425. The fraction of sp³-hybridized carbons (Fsp3) is 0.615. The van der Waals surface area contributed by atoms with Gasteiger partial charge in [0, 0.05) is 25.8 Å². The van der Waals surface area contributed by atoms with Gasteiger partial charge in [0.05, 0.1) is 19.8 Å². The van der Waals surface area contributed by atoms with Gasteiger partial charge >= 0.3 is 0 Å². The van der Waals surface area contributed by atoms with Gasteiger partial charge in [0.2, 0.25) is 0 Å². The van der Waals surface area contributed by atoms with Crippen molar-refractivity contribution in [3.05, 3.63) is 23.9 Å². The molecule has 0 aromatic carbocycles. The van der Waals surface area contributed by atoms with Crippen molar-refractivity contribution in [2.45, 2.75) is 18.1 Å². The number of nitrogens with zero attached hydrogens (tertiary/aromatic N) is 2. The molecule has 2 heterocycles. The molecule has 2 N–H and O–H groups in total. The number of hydrogen-bond donors (Lipinski definition) is 2. The highest BCUT2D eigenvalue weighted by molar-refractivity contribution is 7.89. The van der Waals surface area contributed by atoms with Gasteiger partial charge in [-0.3, -0.25) is 4.90 Å². The maximum Gasteiger partial charge on any atom is 0.258 e. The van der Waals surface area contributed by atoms with Crippen LogP contribution in [0.15, 0.2) is 23.4 Å². The molecular formula is C13H21N3O4S. The van der Waals surface area contributed by atoms with Crippen molar-refractivity contribution in [1.29, 1.82) is 0 Å². The van der Waals surface area contributed by atoms with E-state index in [1.807, 2.05) is 0 Å². The van der Waals surface area contributed by atoms with Crippen molar-refractivity contribution in [3.8, 4) is 0 Å². The molecule has 0 unspecified atom stereocenters. The van der Waals surface area contributed by atoms with Crippen molar-refractivity contribution in [3.63, 3.8) is 0 Å². The third kappa shape index (κ3) is 5.01. The average molecular weight is 315 g/mol. The third-order valence-corrected chi connectivity index (χ3v) is 4.68. The van der Waals surface area contributed by atoms with Crippen LogP contribution in [-0.2, 0) is 21.4 Å². The van der Waals surface area contributed by atoms with Crippen LogP contribution in [0.4, 0.5) is 0 Å². The van der Waals surface area contributed by atoms with Crippen molar-refractivity contribution >= 4 is 10.0 Å². The molecule has 0 atom stereocenters. The number of rotatable bonds is 7. The van der Waals surface area contributed by atoms with Crippen LogP contribution in [0.3, 0.4) is 0 Å². The standard InChI is InChI=1S/C13H21N3O4S/c17-11-12-2-3-13(14-10-12)21(18,19)15-4-1-5-16-6-8-20-9-7-16/h2-3,10,15,17H,1,4-9,11H2. The van der Waals surface area contributed by atoms with E-state index in [9.17, 15) is 8.42 Å². The summed E-state index contributed by atoms with van der Waals surface area (Å²) < 4.78 is 31.8. The van der Waals surface area contributed by atoms with Crippen molar-refractivity contribution in [2.24, 2.45) is 0 Å². The SMILES string of the molecule is O=S(=O)(NCCCN1CCOCC1)c1ccc(CO)cn1. The molecule has 0 amide bonds. The van der Waals surface area contributed by atoms with Gasteiger partial charge < -0.3 is 9.84 Å². The Morgan fingerprint density at radius 2 is 2.10 bits per heavy atom. The largest absolute Gasteiger partial charge is 0.392 e. The van der Waals surface area contributed by atoms with E-state index < -0.39 is 10.0 Å². The number of aliphatic hydroxyl groups excluding tert-OH is 1. The highest BCUT2D eigenvalue weighted by Gasteiger charge is 2.15. The molecule has 2 rings (SSSR count). The van der Waals surface area contributed by atoms with Gasteiger partial charge in [0.15, 0.2) is 5.03 Å². The number of morpholine rings is 1. The summed E-state index contributed by atoms with van der Waals surface area (Å²) in [6, 6.07) is 2.95. The van der Waals surface area contributed by atoms with Crippen LogP contribution >= 0.6 is 0 Å². The minimum absolute atomic E-state index is 0.0222. The summed E-state index contributed by atoms with van der Waals surface area (Å²) >= 11 is 0. The number of sulfonamides is 1. The molecule has 0 aliphatic carbocycles. The van der Waals surface area contributed by atoms with Crippen LogP contribution in [0.1, 0.15) is 12.0 Å². The Balaban J connectivity index is 1.77. The summed E-state index contributed by atoms with van der Waals surface area (Å²) in [6.45, 7) is 4.36. The quantitative estimate of drug-likeness (QED) is 0.664. The molecule has 1 aliphatic heterocycles. The van der Waals surface area contributed by atoms with Gasteiger partial charge in [-0.05, 0) is 24.6 Å². The first kappa shape index (κ1) is 16.3. The van der Waals surface area contributed by atoms with E-state index in [1.54, 1.807) is 6.07 Å². The van der Waals surface area contributed by atoms with Crippen LogP contribution in [-0.4, -0.2) is 62.8 Å². The fourth-order valence-electron chi connectivity index (χ4n) is 2.07. The summed E-state index contributed by atoms with van der Waals surface area (Å²) in [5.41, 5.74) is 0.585. The molecule has 1 saturated heterocycles. The maximum absolute atomic E-state index is 12.0. The topological polar surface area (TPSA) is 91.8 Å².